The number of hydrogen-bond acceptors (Lipinski definition) is 2. The predicted octanol–water partition coefficient (Wildman–Crippen LogP) is 6.49. The number of Topliss-reactive ketones (excluding diaryl/α,β-unsaturated/α-hetero) is 2. The van der Waals surface area contributed by atoms with Crippen LogP contribution >= 0.6 is 0 Å². The summed E-state index contributed by atoms with van der Waals surface area (Å²) >= 11 is 0. The van der Waals surface area contributed by atoms with Gasteiger partial charge in [0, 0.05) is 16.5 Å². The molecule has 2 aliphatic rings. The Morgan fingerprint density at radius 1 is 0.963 bits per heavy atom. The van der Waals surface area contributed by atoms with Crippen molar-refractivity contribution in [1.29, 1.82) is 0 Å². The highest BCUT2D eigenvalue weighted by atomic mass is 16.1. The topological polar surface area (TPSA) is 34.1 Å². The molecule has 142 valence electrons. The summed E-state index contributed by atoms with van der Waals surface area (Å²) in [6.45, 7) is 8.36. The van der Waals surface area contributed by atoms with E-state index in [-0.39, 0.29) is 11.6 Å². The predicted molar refractivity (Wildman–Crippen MR) is 111 cm³/mol. The van der Waals surface area contributed by atoms with E-state index in [9.17, 15) is 9.59 Å². The van der Waals surface area contributed by atoms with Gasteiger partial charge in [-0.1, -0.05) is 66.6 Å². The number of carbonyl (C=O) groups excluding carboxylic acids is 2. The number of ketones is 2. The number of benzene rings is 1. The van der Waals surface area contributed by atoms with Crippen LogP contribution in [0.4, 0.5) is 0 Å². The van der Waals surface area contributed by atoms with E-state index in [1.165, 1.54) is 11.1 Å². The van der Waals surface area contributed by atoms with E-state index < -0.39 is 10.8 Å². The van der Waals surface area contributed by atoms with Crippen LogP contribution in [0.15, 0.2) is 59.7 Å². The Balaban J connectivity index is 1.97. The van der Waals surface area contributed by atoms with Crippen molar-refractivity contribution in [2.75, 3.05) is 0 Å². The molecule has 0 radical (unpaired) electrons. The third kappa shape index (κ3) is 3.26. The third-order valence-electron chi connectivity index (χ3n) is 6.46. The van der Waals surface area contributed by atoms with Crippen molar-refractivity contribution in [2.24, 2.45) is 10.8 Å². The lowest BCUT2D eigenvalue weighted by Gasteiger charge is -2.50. The summed E-state index contributed by atoms with van der Waals surface area (Å²) < 4.78 is 0. The van der Waals surface area contributed by atoms with Crippen LogP contribution in [0.3, 0.4) is 0 Å². The summed E-state index contributed by atoms with van der Waals surface area (Å²) in [5.41, 5.74) is 2.49. The maximum Gasteiger partial charge on any atom is 0.171 e. The SMILES string of the molecule is CC(C)=CCC/C(C)=C/C[C@@]12CC=CC[C@]1(C)C(=O)c1ccccc1C2=O. The van der Waals surface area contributed by atoms with E-state index in [1.54, 1.807) is 0 Å². The van der Waals surface area contributed by atoms with Gasteiger partial charge in [0.1, 0.15) is 0 Å². The second kappa shape index (κ2) is 7.42. The smallest absolute Gasteiger partial charge is 0.171 e. The Morgan fingerprint density at radius 2 is 1.59 bits per heavy atom. The average Bonchev–Trinajstić information content (AvgIpc) is 2.65. The lowest BCUT2D eigenvalue weighted by atomic mass is 9.49. The van der Waals surface area contributed by atoms with Crippen molar-refractivity contribution < 1.29 is 9.59 Å². The number of hydrogen-bond donors (Lipinski definition) is 0. The normalized spacial score (nSPS) is 27.2. The van der Waals surface area contributed by atoms with Gasteiger partial charge in [0.25, 0.3) is 0 Å². The summed E-state index contributed by atoms with van der Waals surface area (Å²) in [7, 11) is 0. The third-order valence-corrected chi connectivity index (χ3v) is 6.46. The van der Waals surface area contributed by atoms with Gasteiger partial charge in [-0.3, -0.25) is 9.59 Å². The Labute approximate surface area is 163 Å². The van der Waals surface area contributed by atoms with Crippen LogP contribution in [0.2, 0.25) is 0 Å². The molecular weight excluding hydrogens is 332 g/mol. The lowest BCUT2D eigenvalue weighted by molar-refractivity contribution is 0.0274. The fourth-order valence-corrected chi connectivity index (χ4v) is 4.55. The minimum Gasteiger partial charge on any atom is -0.293 e. The largest absolute Gasteiger partial charge is 0.293 e. The molecule has 27 heavy (non-hydrogen) atoms. The van der Waals surface area contributed by atoms with Crippen LogP contribution in [0.5, 0.6) is 0 Å². The molecule has 0 heterocycles. The van der Waals surface area contributed by atoms with Crippen molar-refractivity contribution >= 4 is 11.6 Å². The Hall–Kier alpha value is -2.22. The van der Waals surface area contributed by atoms with Crippen molar-refractivity contribution in [3.8, 4) is 0 Å². The van der Waals surface area contributed by atoms with Gasteiger partial charge in [0.05, 0.1) is 5.41 Å². The quantitative estimate of drug-likeness (QED) is 0.561. The van der Waals surface area contributed by atoms with Crippen molar-refractivity contribution in [3.05, 3.63) is 70.8 Å². The van der Waals surface area contributed by atoms with Crippen molar-refractivity contribution in [2.45, 2.75) is 59.8 Å². The minimum absolute atomic E-state index is 0.123. The average molecular weight is 363 g/mol. The van der Waals surface area contributed by atoms with E-state index >= 15 is 0 Å². The highest BCUT2D eigenvalue weighted by Crippen LogP contribution is 2.57. The van der Waals surface area contributed by atoms with Gasteiger partial charge in [0.2, 0.25) is 0 Å². The van der Waals surface area contributed by atoms with Gasteiger partial charge < -0.3 is 0 Å². The molecule has 0 bridgehead atoms. The zero-order chi connectivity index (χ0) is 19.7. The van der Waals surface area contributed by atoms with Crippen LogP contribution in [-0.2, 0) is 0 Å². The number of allylic oxidation sites excluding steroid dienone is 6. The summed E-state index contributed by atoms with van der Waals surface area (Å²) in [5.74, 6) is 0.260. The van der Waals surface area contributed by atoms with Crippen molar-refractivity contribution in [3.63, 3.8) is 0 Å². The highest BCUT2D eigenvalue weighted by molar-refractivity contribution is 6.19. The first-order chi connectivity index (χ1) is 12.8. The molecule has 0 amide bonds. The Bertz CT molecular complexity index is 851. The van der Waals surface area contributed by atoms with Gasteiger partial charge in [-0.15, -0.1) is 0 Å². The fraction of sp³-hybridized carbons (Fsp3) is 0.440. The van der Waals surface area contributed by atoms with Crippen LogP contribution in [-0.4, -0.2) is 11.6 Å². The maximum atomic E-state index is 13.6. The molecule has 0 N–H and O–H groups in total. The Kier molecular flexibility index (Phi) is 5.37. The summed E-state index contributed by atoms with van der Waals surface area (Å²) in [6.07, 6.45) is 12.5. The molecule has 0 aliphatic heterocycles. The fourth-order valence-electron chi connectivity index (χ4n) is 4.55. The van der Waals surface area contributed by atoms with Gasteiger partial charge in [0.15, 0.2) is 11.6 Å². The first-order valence-corrected chi connectivity index (χ1v) is 9.94. The van der Waals surface area contributed by atoms with Gasteiger partial charge in [-0.2, -0.15) is 0 Å². The van der Waals surface area contributed by atoms with E-state index in [2.05, 4.69) is 45.1 Å². The van der Waals surface area contributed by atoms with Crippen LogP contribution < -0.4 is 0 Å². The molecular formula is C25H30O2. The summed E-state index contributed by atoms with van der Waals surface area (Å²) in [4.78, 5) is 27.0. The maximum absolute atomic E-state index is 13.6. The van der Waals surface area contributed by atoms with Crippen LogP contribution in [0.25, 0.3) is 0 Å². The molecule has 0 aromatic heterocycles. The van der Waals surface area contributed by atoms with Gasteiger partial charge in [-0.25, -0.2) is 0 Å². The first kappa shape index (κ1) is 19.5. The summed E-state index contributed by atoms with van der Waals surface area (Å²) in [6, 6.07) is 7.34. The highest BCUT2D eigenvalue weighted by Gasteiger charge is 2.60. The summed E-state index contributed by atoms with van der Waals surface area (Å²) in [5, 5.41) is 0. The monoisotopic (exact) mass is 362 g/mol. The van der Waals surface area contributed by atoms with Gasteiger partial charge in [-0.05, 0) is 52.9 Å². The molecule has 2 aliphatic carbocycles. The molecule has 0 unspecified atom stereocenters. The molecule has 2 heteroatoms. The number of carbonyl (C=O) groups is 2. The lowest BCUT2D eigenvalue weighted by Crippen LogP contribution is -2.55. The zero-order valence-electron chi connectivity index (χ0n) is 17.0. The standard InChI is InChI=1S/C25H30O2/c1-18(2)10-9-11-19(3)14-17-25-16-8-7-15-24(25,4)22(26)20-12-5-6-13-21(20)23(25)27/h5-8,10,12-14H,9,11,15-17H2,1-4H3/b19-14+/t24-,25-/m1/s1. The molecule has 0 spiro atoms. The van der Waals surface area contributed by atoms with Crippen LogP contribution in [0, 0.1) is 10.8 Å². The van der Waals surface area contributed by atoms with E-state index in [4.69, 9.17) is 0 Å². The molecule has 3 rings (SSSR count). The number of fused-ring (bicyclic) bond motifs is 2. The first-order valence-electron chi connectivity index (χ1n) is 9.94. The second-order valence-electron chi connectivity index (χ2n) is 8.57. The Morgan fingerprint density at radius 3 is 2.26 bits per heavy atom. The van der Waals surface area contributed by atoms with Gasteiger partial charge >= 0.3 is 0 Å². The molecule has 2 atom stereocenters. The molecule has 2 nitrogen and oxygen atoms in total. The molecule has 0 saturated carbocycles. The van der Waals surface area contributed by atoms with E-state index in [0.717, 1.165) is 12.8 Å². The van der Waals surface area contributed by atoms with Crippen LogP contribution in [0.1, 0.15) is 80.5 Å². The number of rotatable bonds is 5. The molecule has 0 fully saturated rings. The minimum atomic E-state index is -0.663. The van der Waals surface area contributed by atoms with Crippen molar-refractivity contribution in [1.82, 2.24) is 0 Å². The zero-order valence-corrected chi connectivity index (χ0v) is 17.0. The second-order valence-corrected chi connectivity index (χ2v) is 8.57. The molecule has 1 aromatic rings. The molecule has 0 saturated heterocycles. The van der Waals surface area contributed by atoms with E-state index in [1.807, 2.05) is 31.2 Å². The van der Waals surface area contributed by atoms with E-state index in [0.29, 0.717) is 30.4 Å². The molecule has 1 aromatic carbocycles.